The van der Waals surface area contributed by atoms with Crippen molar-refractivity contribution in [2.75, 3.05) is 5.75 Å². The van der Waals surface area contributed by atoms with Gasteiger partial charge in [-0.3, -0.25) is 0 Å². The van der Waals surface area contributed by atoms with Crippen LogP contribution < -0.4 is 5.32 Å². The quantitative estimate of drug-likeness (QED) is 0.495. The average Bonchev–Trinajstić information content (AvgIpc) is 1.87. The van der Waals surface area contributed by atoms with Crippen LogP contribution in [0, 0.1) is 0 Å². The fourth-order valence-electron chi connectivity index (χ4n) is 0.511. The van der Waals surface area contributed by atoms with Gasteiger partial charge in [0.05, 0.1) is 10.4 Å². The van der Waals surface area contributed by atoms with Crippen LogP contribution >= 0.6 is 24.0 Å². The lowest BCUT2D eigenvalue weighted by atomic mass is 10.7. The second kappa shape index (κ2) is 2.01. The van der Waals surface area contributed by atoms with Crippen molar-refractivity contribution in [2.24, 2.45) is 0 Å². The zero-order chi connectivity index (χ0) is 5.28. The molecular formula is C4H7NS2. The number of hydrogen-bond donors (Lipinski definition) is 1. The summed E-state index contributed by atoms with van der Waals surface area (Å²) in [5.41, 5.74) is 0. The van der Waals surface area contributed by atoms with E-state index in [2.05, 4.69) is 12.2 Å². The summed E-state index contributed by atoms with van der Waals surface area (Å²) in [5, 5.41) is 3.66. The van der Waals surface area contributed by atoms with E-state index in [9.17, 15) is 0 Å². The second-order valence-electron chi connectivity index (χ2n) is 1.52. The molecule has 1 heterocycles. The van der Waals surface area contributed by atoms with Crippen LogP contribution in [0.3, 0.4) is 0 Å². The van der Waals surface area contributed by atoms with Crippen LogP contribution in [0.1, 0.15) is 6.92 Å². The van der Waals surface area contributed by atoms with Crippen molar-refractivity contribution in [3.63, 3.8) is 0 Å². The van der Waals surface area contributed by atoms with Crippen molar-refractivity contribution in [2.45, 2.75) is 12.3 Å². The molecule has 1 N–H and O–H groups in total. The molecule has 1 aliphatic rings. The Morgan fingerprint density at radius 2 is 2.71 bits per heavy atom. The molecule has 0 aromatic rings. The first-order chi connectivity index (χ1) is 3.29. The highest BCUT2D eigenvalue weighted by Crippen LogP contribution is 2.13. The average molecular weight is 133 g/mol. The molecule has 7 heavy (non-hydrogen) atoms. The third kappa shape index (κ3) is 1.31. The van der Waals surface area contributed by atoms with E-state index < -0.39 is 0 Å². The highest BCUT2D eigenvalue weighted by atomic mass is 32.2. The Morgan fingerprint density at radius 3 is 2.86 bits per heavy atom. The third-order valence-corrected chi connectivity index (χ3v) is 2.35. The molecule has 1 atom stereocenters. The fraction of sp³-hybridized carbons (Fsp3) is 0.750. The summed E-state index contributed by atoms with van der Waals surface area (Å²) >= 11 is 6.72. The topological polar surface area (TPSA) is 12.0 Å². The van der Waals surface area contributed by atoms with Crippen LogP contribution in [0.4, 0.5) is 0 Å². The fourth-order valence-corrected chi connectivity index (χ4v) is 1.68. The molecule has 0 aromatic heterocycles. The molecule has 0 amide bonds. The summed E-state index contributed by atoms with van der Waals surface area (Å²) < 4.78 is 0. The van der Waals surface area contributed by atoms with Gasteiger partial charge in [0.25, 0.3) is 0 Å². The predicted octanol–water partition coefficient (Wildman–Crippen LogP) is 0.996. The molecule has 0 saturated carbocycles. The zero-order valence-electron chi connectivity index (χ0n) is 4.10. The predicted molar refractivity (Wildman–Crippen MR) is 37.7 cm³/mol. The summed E-state index contributed by atoms with van der Waals surface area (Å²) in [6.07, 6.45) is 0. The largest absolute Gasteiger partial charge is 0.367 e. The summed E-state index contributed by atoms with van der Waals surface area (Å²) in [6.45, 7) is 2.12. The van der Waals surface area contributed by atoms with Crippen molar-refractivity contribution in [1.82, 2.24) is 5.32 Å². The van der Waals surface area contributed by atoms with Crippen LogP contribution in [0.25, 0.3) is 0 Å². The Hall–Kier alpha value is 0.240. The van der Waals surface area contributed by atoms with E-state index in [0.717, 1.165) is 10.7 Å². The van der Waals surface area contributed by atoms with Gasteiger partial charge >= 0.3 is 0 Å². The highest BCUT2D eigenvalue weighted by Gasteiger charge is 2.11. The molecule has 0 radical (unpaired) electrons. The van der Waals surface area contributed by atoms with Crippen molar-refractivity contribution in [3.8, 4) is 0 Å². The van der Waals surface area contributed by atoms with E-state index in [0.29, 0.717) is 5.37 Å². The van der Waals surface area contributed by atoms with Crippen molar-refractivity contribution in [1.29, 1.82) is 0 Å². The zero-order valence-corrected chi connectivity index (χ0v) is 5.73. The van der Waals surface area contributed by atoms with Crippen LogP contribution in [-0.4, -0.2) is 16.1 Å². The Labute approximate surface area is 52.9 Å². The monoisotopic (exact) mass is 133 g/mol. The third-order valence-electron chi connectivity index (χ3n) is 0.829. The second-order valence-corrected chi connectivity index (χ2v) is 3.34. The van der Waals surface area contributed by atoms with E-state index in [1.165, 1.54) is 0 Å². The Morgan fingerprint density at radius 1 is 2.00 bits per heavy atom. The highest BCUT2D eigenvalue weighted by molar-refractivity contribution is 8.02. The first-order valence-electron chi connectivity index (χ1n) is 2.20. The van der Waals surface area contributed by atoms with Gasteiger partial charge in [0.2, 0.25) is 0 Å². The van der Waals surface area contributed by atoms with Gasteiger partial charge in [0, 0.05) is 5.75 Å². The molecule has 1 aliphatic heterocycles. The minimum Gasteiger partial charge on any atom is -0.367 e. The van der Waals surface area contributed by atoms with E-state index in [1.807, 2.05) is 11.8 Å². The Kier molecular flexibility index (Phi) is 1.54. The summed E-state index contributed by atoms with van der Waals surface area (Å²) in [4.78, 5) is 0.998. The molecule has 0 bridgehead atoms. The molecule has 1 nitrogen and oxygen atoms in total. The van der Waals surface area contributed by atoms with Crippen molar-refractivity contribution < 1.29 is 0 Å². The van der Waals surface area contributed by atoms with E-state index in [-0.39, 0.29) is 0 Å². The standard InChI is InChI=1S/C4H7NS2/c1-3-5-4(6)2-7-3/h3H,2H2,1H3,(H,5,6). The van der Waals surface area contributed by atoms with Crippen molar-refractivity contribution >= 4 is 29.0 Å². The minimum absolute atomic E-state index is 0.549. The van der Waals surface area contributed by atoms with Gasteiger partial charge in [-0.1, -0.05) is 12.2 Å². The molecule has 3 heteroatoms. The van der Waals surface area contributed by atoms with E-state index in [1.54, 1.807) is 0 Å². The van der Waals surface area contributed by atoms with Crippen LogP contribution in [0.2, 0.25) is 0 Å². The minimum atomic E-state index is 0.549. The molecule has 1 rings (SSSR count). The van der Waals surface area contributed by atoms with Gasteiger partial charge in [0.15, 0.2) is 0 Å². The molecule has 1 fully saturated rings. The number of hydrogen-bond acceptors (Lipinski definition) is 2. The number of rotatable bonds is 0. The molecule has 1 unspecified atom stereocenters. The molecular weight excluding hydrogens is 126 g/mol. The number of nitrogens with one attached hydrogen (secondary N) is 1. The normalized spacial score (nSPS) is 30.4. The van der Waals surface area contributed by atoms with Gasteiger partial charge in [-0.2, -0.15) is 0 Å². The summed E-state index contributed by atoms with van der Waals surface area (Å²) in [7, 11) is 0. The lowest BCUT2D eigenvalue weighted by Crippen LogP contribution is -2.19. The molecule has 0 spiro atoms. The maximum absolute atomic E-state index is 4.86. The lowest BCUT2D eigenvalue weighted by Gasteiger charge is -1.96. The van der Waals surface area contributed by atoms with Gasteiger partial charge < -0.3 is 5.32 Å². The smallest absolute Gasteiger partial charge is 0.0863 e. The maximum Gasteiger partial charge on any atom is 0.0863 e. The number of thiocarbonyl (C=S) groups is 1. The van der Waals surface area contributed by atoms with Crippen LogP contribution in [0.15, 0.2) is 0 Å². The van der Waals surface area contributed by atoms with Gasteiger partial charge in [0.1, 0.15) is 0 Å². The van der Waals surface area contributed by atoms with E-state index >= 15 is 0 Å². The maximum atomic E-state index is 4.86. The van der Waals surface area contributed by atoms with Gasteiger partial charge in [-0.15, -0.1) is 11.8 Å². The van der Waals surface area contributed by atoms with Crippen molar-refractivity contribution in [3.05, 3.63) is 0 Å². The molecule has 1 saturated heterocycles. The molecule has 0 aromatic carbocycles. The number of thioether (sulfide) groups is 1. The Bertz CT molecular complexity index is 91.7. The lowest BCUT2D eigenvalue weighted by molar-refractivity contribution is 0.931. The SMILES string of the molecule is CC1NC(=S)CS1. The van der Waals surface area contributed by atoms with Gasteiger partial charge in [-0.05, 0) is 6.92 Å². The molecule has 40 valence electrons. The summed E-state index contributed by atoms with van der Waals surface area (Å²) in [6, 6.07) is 0. The molecule has 0 aliphatic carbocycles. The first kappa shape index (κ1) is 5.38. The van der Waals surface area contributed by atoms with Crippen LogP contribution in [-0.2, 0) is 0 Å². The van der Waals surface area contributed by atoms with Gasteiger partial charge in [-0.25, -0.2) is 0 Å². The Balaban J connectivity index is 2.40. The first-order valence-corrected chi connectivity index (χ1v) is 3.66. The van der Waals surface area contributed by atoms with E-state index in [4.69, 9.17) is 12.2 Å². The van der Waals surface area contributed by atoms with Crippen LogP contribution in [0.5, 0.6) is 0 Å². The summed E-state index contributed by atoms with van der Waals surface area (Å²) in [5.74, 6) is 1.01.